The van der Waals surface area contributed by atoms with Gasteiger partial charge < -0.3 is 10.2 Å². The van der Waals surface area contributed by atoms with Crippen molar-refractivity contribution in [2.45, 2.75) is 65.6 Å². The maximum atomic E-state index is 12.9. The summed E-state index contributed by atoms with van der Waals surface area (Å²) in [5.74, 6) is 0.365. The molecule has 0 spiro atoms. The van der Waals surface area contributed by atoms with Crippen LogP contribution >= 0.6 is 0 Å². The quantitative estimate of drug-likeness (QED) is 0.730. The van der Waals surface area contributed by atoms with Crippen molar-refractivity contribution in [3.8, 4) is 0 Å². The van der Waals surface area contributed by atoms with Gasteiger partial charge in [0.2, 0.25) is 0 Å². The average molecular weight is 318 g/mol. The zero-order chi connectivity index (χ0) is 17.2. The number of carbonyl (C=O) groups is 1. The fraction of sp³-hybridized carbons (Fsp3) is 0.750. The lowest BCUT2D eigenvalue weighted by molar-refractivity contribution is -0.192. The molecule has 0 aromatic rings. The second kappa shape index (κ2) is 5.03. The van der Waals surface area contributed by atoms with Gasteiger partial charge in [-0.15, -0.1) is 6.58 Å². The highest BCUT2D eigenvalue weighted by atomic mass is 16.3. The molecule has 3 aliphatic rings. The van der Waals surface area contributed by atoms with Crippen molar-refractivity contribution in [2.24, 2.45) is 28.1 Å². The van der Waals surface area contributed by atoms with Crippen LogP contribution in [0.15, 0.2) is 24.3 Å². The molecular formula is C20H30O3. The Kier molecular flexibility index (Phi) is 3.70. The molecule has 3 rings (SSSR count). The number of aliphatic hydroxyl groups is 2. The second-order valence-corrected chi connectivity index (χ2v) is 9.15. The summed E-state index contributed by atoms with van der Waals surface area (Å²) in [6, 6.07) is 0. The smallest absolute Gasteiger partial charge is 0.159 e. The van der Waals surface area contributed by atoms with Crippen molar-refractivity contribution in [2.75, 3.05) is 0 Å². The normalized spacial score (nSPS) is 49.0. The van der Waals surface area contributed by atoms with E-state index in [0.29, 0.717) is 12.8 Å². The molecule has 3 heteroatoms. The van der Waals surface area contributed by atoms with Crippen molar-refractivity contribution >= 4 is 5.78 Å². The van der Waals surface area contributed by atoms with Crippen LogP contribution in [0.4, 0.5) is 0 Å². The molecule has 0 aliphatic heterocycles. The monoisotopic (exact) mass is 318 g/mol. The number of rotatable bonds is 1. The first-order chi connectivity index (χ1) is 10.5. The predicted octanol–water partition coefficient (Wildman–Crippen LogP) is 3.26. The highest BCUT2D eigenvalue weighted by Crippen LogP contribution is 2.62. The molecule has 23 heavy (non-hydrogen) atoms. The Morgan fingerprint density at radius 2 is 1.91 bits per heavy atom. The lowest BCUT2D eigenvalue weighted by Gasteiger charge is -2.61. The minimum absolute atomic E-state index is 0.0333. The molecular weight excluding hydrogens is 288 g/mol. The third-order valence-electron chi connectivity index (χ3n) is 7.19. The van der Waals surface area contributed by atoms with Gasteiger partial charge in [0, 0.05) is 17.3 Å². The molecule has 3 aliphatic carbocycles. The van der Waals surface area contributed by atoms with E-state index in [0.717, 1.165) is 18.4 Å². The number of allylic oxidation sites excluding steroid dienone is 3. The summed E-state index contributed by atoms with van der Waals surface area (Å²) >= 11 is 0. The van der Waals surface area contributed by atoms with E-state index in [1.165, 1.54) is 0 Å². The van der Waals surface area contributed by atoms with Crippen molar-refractivity contribution in [1.82, 2.24) is 0 Å². The van der Waals surface area contributed by atoms with E-state index in [2.05, 4.69) is 40.3 Å². The van der Waals surface area contributed by atoms with Crippen LogP contribution in [-0.2, 0) is 4.79 Å². The number of hydrogen-bond donors (Lipinski definition) is 2. The first-order valence-corrected chi connectivity index (χ1v) is 8.81. The van der Waals surface area contributed by atoms with Gasteiger partial charge in [-0.25, -0.2) is 0 Å². The van der Waals surface area contributed by atoms with Crippen molar-refractivity contribution in [3.05, 3.63) is 24.3 Å². The molecule has 2 fully saturated rings. The van der Waals surface area contributed by atoms with E-state index in [1.54, 1.807) is 0 Å². The lowest BCUT2D eigenvalue weighted by atomic mass is 9.44. The number of fused-ring (bicyclic) bond motifs is 3. The summed E-state index contributed by atoms with van der Waals surface area (Å²) in [6.07, 6.45) is 5.35. The first-order valence-electron chi connectivity index (χ1n) is 8.81. The topological polar surface area (TPSA) is 57.5 Å². The maximum Gasteiger partial charge on any atom is 0.159 e. The molecule has 0 radical (unpaired) electrons. The van der Waals surface area contributed by atoms with Crippen LogP contribution in [0.1, 0.15) is 53.4 Å². The molecule has 2 N–H and O–H groups in total. The Bertz CT molecular complexity index is 575. The standard InChI is InChI=1S/C20H30O3/c1-6-19(4)8-7-13-12(10-19)14(21)9-16-18(2,3)11-15(22)17(23)20(13,16)5/h6,10,13,15-17,22-23H,1,7-9,11H2,2-5H3. The highest BCUT2D eigenvalue weighted by Gasteiger charge is 2.62. The van der Waals surface area contributed by atoms with Gasteiger partial charge in [0.05, 0.1) is 12.2 Å². The van der Waals surface area contributed by atoms with Crippen LogP contribution in [0.25, 0.3) is 0 Å². The number of aliphatic hydroxyl groups excluding tert-OH is 2. The van der Waals surface area contributed by atoms with Gasteiger partial charge in [-0.3, -0.25) is 4.79 Å². The largest absolute Gasteiger partial charge is 0.390 e. The van der Waals surface area contributed by atoms with Crippen LogP contribution in [0.5, 0.6) is 0 Å². The average Bonchev–Trinajstić information content (AvgIpc) is 2.48. The summed E-state index contributed by atoms with van der Waals surface area (Å²) in [5.41, 5.74) is 0.136. The number of ketones is 1. The van der Waals surface area contributed by atoms with E-state index in [9.17, 15) is 15.0 Å². The molecule has 0 amide bonds. The summed E-state index contributed by atoms with van der Waals surface area (Å²) in [6.45, 7) is 12.4. The molecule has 0 aromatic carbocycles. The van der Waals surface area contributed by atoms with Crippen LogP contribution in [0.3, 0.4) is 0 Å². The van der Waals surface area contributed by atoms with Crippen molar-refractivity contribution < 1.29 is 15.0 Å². The van der Waals surface area contributed by atoms with Gasteiger partial charge in [-0.05, 0) is 42.1 Å². The Morgan fingerprint density at radius 3 is 2.52 bits per heavy atom. The maximum absolute atomic E-state index is 12.9. The minimum Gasteiger partial charge on any atom is -0.390 e. The fourth-order valence-corrected chi connectivity index (χ4v) is 5.72. The summed E-state index contributed by atoms with van der Waals surface area (Å²) < 4.78 is 0. The Morgan fingerprint density at radius 1 is 1.26 bits per heavy atom. The summed E-state index contributed by atoms with van der Waals surface area (Å²) in [4.78, 5) is 12.9. The molecule has 128 valence electrons. The van der Waals surface area contributed by atoms with Gasteiger partial charge in [-0.1, -0.05) is 39.8 Å². The van der Waals surface area contributed by atoms with Gasteiger partial charge in [-0.2, -0.15) is 0 Å². The third kappa shape index (κ3) is 2.27. The molecule has 3 nitrogen and oxygen atoms in total. The molecule has 0 aromatic heterocycles. The van der Waals surface area contributed by atoms with Gasteiger partial charge in [0.1, 0.15) is 0 Å². The first kappa shape index (κ1) is 16.9. The number of hydrogen-bond acceptors (Lipinski definition) is 3. The lowest BCUT2D eigenvalue weighted by Crippen LogP contribution is -2.63. The zero-order valence-electron chi connectivity index (χ0n) is 14.8. The minimum atomic E-state index is -0.768. The van der Waals surface area contributed by atoms with Gasteiger partial charge in [0.15, 0.2) is 5.78 Å². The molecule has 0 saturated heterocycles. The molecule has 6 atom stereocenters. The van der Waals surface area contributed by atoms with E-state index >= 15 is 0 Å². The molecule has 0 bridgehead atoms. The van der Waals surface area contributed by atoms with Crippen LogP contribution in [-0.4, -0.2) is 28.2 Å². The van der Waals surface area contributed by atoms with Crippen molar-refractivity contribution in [3.63, 3.8) is 0 Å². The number of carbonyl (C=O) groups excluding carboxylic acids is 1. The number of Topliss-reactive ketones (excluding diaryl/α,β-unsaturated/α-hetero) is 1. The second-order valence-electron chi connectivity index (χ2n) is 9.15. The molecule has 6 unspecified atom stereocenters. The van der Waals surface area contributed by atoms with Crippen LogP contribution in [0.2, 0.25) is 0 Å². The predicted molar refractivity (Wildman–Crippen MR) is 90.7 cm³/mol. The van der Waals surface area contributed by atoms with E-state index in [4.69, 9.17) is 0 Å². The van der Waals surface area contributed by atoms with Gasteiger partial charge >= 0.3 is 0 Å². The van der Waals surface area contributed by atoms with Gasteiger partial charge in [0.25, 0.3) is 0 Å². The Balaban J connectivity index is 2.12. The Hall–Kier alpha value is -0.930. The highest BCUT2D eigenvalue weighted by molar-refractivity contribution is 5.97. The van der Waals surface area contributed by atoms with E-state index < -0.39 is 17.6 Å². The van der Waals surface area contributed by atoms with Crippen LogP contribution < -0.4 is 0 Å². The molecule has 2 saturated carbocycles. The Labute approximate surface area is 139 Å². The van der Waals surface area contributed by atoms with E-state index in [-0.39, 0.29) is 28.4 Å². The fourth-order valence-electron chi connectivity index (χ4n) is 5.72. The summed E-state index contributed by atoms with van der Waals surface area (Å²) in [5, 5.41) is 21.3. The SMILES string of the molecule is C=CC1(C)C=C2C(=O)CC3C(C)(C)CC(O)C(O)C3(C)C2CC1. The van der Waals surface area contributed by atoms with E-state index in [1.807, 2.05) is 6.08 Å². The van der Waals surface area contributed by atoms with Crippen molar-refractivity contribution in [1.29, 1.82) is 0 Å². The third-order valence-corrected chi connectivity index (χ3v) is 7.19. The summed E-state index contributed by atoms with van der Waals surface area (Å²) in [7, 11) is 0. The molecule has 0 heterocycles. The van der Waals surface area contributed by atoms with Crippen LogP contribution in [0, 0.1) is 28.1 Å². The zero-order valence-corrected chi connectivity index (χ0v) is 14.8.